The van der Waals surface area contributed by atoms with Gasteiger partial charge in [0.15, 0.2) is 5.96 Å². The van der Waals surface area contributed by atoms with Crippen LogP contribution in [0.25, 0.3) is 0 Å². The number of likely N-dealkylation sites (tertiary alicyclic amines) is 2. The molecule has 0 radical (unpaired) electrons. The number of carbonyl (C=O) groups is 1. The quantitative estimate of drug-likeness (QED) is 0.377. The number of nitrogens with one attached hydrogen (secondary N) is 2. The molecule has 1 unspecified atom stereocenters. The van der Waals surface area contributed by atoms with Gasteiger partial charge in [0.05, 0.1) is 0 Å². The van der Waals surface area contributed by atoms with Crippen LogP contribution in [0.5, 0.6) is 0 Å². The zero-order valence-electron chi connectivity index (χ0n) is 16.2. The van der Waals surface area contributed by atoms with Gasteiger partial charge in [0.25, 0.3) is 0 Å². The molecular weight excluding hydrogens is 314 g/mol. The SMILES string of the molecule is CCNC(=NCCCN1CCCC1=O)NCCCN1CCCC(C)C1. The van der Waals surface area contributed by atoms with Crippen LogP contribution in [-0.4, -0.2) is 74.0 Å². The molecule has 1 amide bonds. The minimum Gasteiger partial charge on any atom is -0.357 e. The number of hydrogen-bond acceptors (Lipinski definition) is 3. The molecule has 0 aromatic carbocycles. The lowest BCUT2D eigenvalue weighted by Gasteiger charge is -2.30. The Labute approximate surface area is 153 Å². The first-order chi connectivity index (χ1) is 12.2. The van der Waals surface area contributed by atoms with Crippen molar-refractivity contribution in [3.05, 3.63) is 0 Å². The monoisotopic (exact) mass is 351 g/mol. The Kier molecular flexibility index (Phi) is 9.08. The van der Waals surface area contributed by atoms with E-state index in [1.54, 1.807) is 0 Å². The summed E-state index contributed by atoms with van der Waals surface area (Å²) in [4.78, 5) is 20.8. The molecule has 1 atom stereocenters. The van der Waals surface area contributed by atoms with E-state index >= 15 is 0 Å². The lowest BCUT2D eigenvalue weighted by atomic mass is 10.0. The summed E-state index contributed by atoms with van der Waals surface area (Å²) in [5.74, 6) is 2.06. The van der Waals surface area contributed by atoms with E-state index in [0.717, 1.165) is 70.3 Å². The average Bonchev–Trinajstić information content (AvgIpc) is 3.00. The molecule has 2 saturated heterocycles. The molecule has 0 bridgehead atoms. The summed E-state index contributed by atoms with van der Waals surface area (Å²) in [6.45, 7) is 12.5. The Morgan fingerprint density at radius 3 is 2.80 bits per heavy atom. The number of aliphatic imine (C=N–C) groups is 1. The fraction of sp³-hybridized carbons (Fsp3) is 0.895. The molecule has 2 aliphatic rings. The van der Waals surface area contributed by atoms with Crippen molar-refractivity contribution >= 4 is 11.9 Å². The number of nitrogens with zero attached hydrogens (tertiary/aromatic N) is 3. The summed E-state index contributed by atoms with van der Waals surface area (Å²) in [6, 6.07) is 0. The molecule has 25 heavy (non-hydrogen) atoms. The number of guanidine groups is 1. The van der Waals surface area contributed by atoms with Crippen LogP contribution in [0.4, 0.5) is 0 Å². The van der Waals surface area contributed by atoms with Crippen LogP contribution in [0, 0.1) is 5.92 Å². The first-order valence-electron chi connectivity index (χ1n) is 10.2. The van der Waals surface area contributed by atoms with Gasteiger partial charge in [0.2, 0.25) is 5.91 Å². The maximum atomic E-state index is 11.6. The largest absolute Gasteiger partial charge is 0.357 e. The summed E-state index contributed by atoms with van der Waals surface area (Å²) < 4.78 is 0. The summed E-state index contributed by atoms with van der Waals surface area (Å²) >= 11 is 0. The minimum atomic E-state index is 0.307. The highest BCUT2D eigenvalue weighted by Crippen LogP contribution is 2.15. The van der Waals surface area contributed by atoms with Gasteiger partial charge in [0, 0.05) is 45.7 Å². The molecule has 0 aromatic heterocycles. The van der Waals surface area contributed by atoms with Gasteiger partial charge in [-0.05, 0) is 58.0 Å². The number of rotatable bonds is 9. The topological polar surface area (TPSA) is 60.0 Å². The number of amides is 1. The van der Waals surface area contributed by atoms with E-state index in [1.807, 2.05) is 4.90 Å². The van der Waals surface area contributed by atoms with E-state index in [4.69, 9.17) is 0 Å². The van der Waals surface area contributed by atoms with Crippen LogP contribution in [-0.2, 0) is 4.79 Å². The number of hydrogen-bond donors (Lipinski definition) is 2. The molecule has 0 aliphatic carbocycles. The van der Waals surface area contributed by atoms with Crippen LogP contribution >= 0.6 is 0 Å². The second-order valence-corrected chi connectivity index (χ2v) is 7.43. The van der Waals surface area contributed by atoms with E-state index in [0.29, 0.717) is 5.91 Å². The Balaban J connectivity index is 1.59. The molecule has 2 N–H and O–H groups in total. The fourth-order valence-corrected chi connectivity index (χ4v) is 3.73. The van der Waals surface area contributed by atoms with E-state index in [9.17, 15) is 4.79 Å². The van der Waals surface area contributed by atoms with Crippen molar-refractivity contribution in [3.8, 4) is 0 Å². The van der Waals surface area contributed by atoms with Gasteiger partial charge in [-0.15, -0.1) is 0 Å². The minimum absolute atomic E-state index is 0.307. The molecule has 6 nitrogen and oxygen atoms in total. The molecule has 144 valence electrons. The van der Waals surface area contributed by atoms with Crippen molar-refractivity contribution in [2.45, 2.75) is 52.4 Å². The zero-order chi connectivity index (χ0) is 17.9. The van der Waals surface area contributed by atoms with Crippen molar-refractivity contribution < 1.29 is 4.79 Å². The van der Waals surface area contributed by atoms with Gasteiger partial charge < -0.3 is 20.4 Å². The Morgan fingerprint density at radius 1 is 1.20 bits per heavy atom. The van der Waals surface area contributed by atoms with Gasteiger partial charge in [-0.25, -0.2) is 0 Å². The summed E-state index contributed by atoms with van der Waals surface area (Å²) in [7, 11) is 0. The highest BCUT2D eigenvalue weighted by Gasteiger charge is 2.19. The lowest BCUT2D eigenvalue weighted by Crippen LogP contribution is -2.40. The van der Waals surface area contributed by atoms with Crippen LogP contribution in [0.2, 0.25) is 0 Å². The predicted octanol–water partition coefficient (Wildman–Crippen LogP) is 1.68. The van der Waals surface area contributed by atoms with E-state index in [-0.39, 0.29) is 0 Å². The molecule has 2 aliphatic heterocycles. The first kappa shape index (κ1) is 20.0. The predicted molar refractivity (Wildman–Crippen MR) is 104 cm³/mol. The van der Waals surface area contributed by atoms with Crippen LogP contribution in [0.1, 0.15) is 52.4 Å². The smallest absolute Gasteiger partial charge is 0.222 e. The van der Waals surface area contributed by atoms with Crippen LogP contribution < -0.4 is 10.6 Å². The second-order valence-electron chi connectivity index (χ2n) is 7.43. The van der Waals surface area contributed by atoms with E-state index in [2.05, 4.69) is 34.4 Å². The molecule has 2 fully saturated rings. The van der Waals surface area contributed by atoms with E-state index < -0.39 is 0 Å². The standard InChI is InChI=1S/C19H37N5O/c1-3-20-19(22-11-7-15-24-14-5-9-18(24)25)21-10-6-13-23-12-4-8-17(2)16-23/h17H,3-16H2,1-2H3,(H2,20,21,22). The number of carbonyl (C=O) groups excluding carboxylic acids is 1. The van der Waals surface area contributed by atoms with Crippen molar-refractivity contribution in [1.82, 2.24) is 20.4 Å². The van der Waals surface area contributed by atoms with Gasteiger partial charge in [-0.2, -0.15) is 0 Å². The van der Waals surface area contributed by atoms with Crippen LogP contribution in [0.3, 0.4) is 0 Å². The van der Waals surface area contributed by atoms with Gasteiger partial charge in [-0.1, -0.05) is 6.92 Å². The van der Waals surface area contributed by atoms with Crippen molar-refractivity contribution in [2.24, 2.45) is 10.9 Å². The highest BCUT2D eigenvalue weighted by molar-refractivity contribution is 5.79. The lowest BCUT2D eigenvalue weighted by molar-refractivity contribution is -0.127. The second kappa shape index (κ2) is 11.3. The third-order valence-corrected chi connectivity index (χ3v) is 5.06. The fourth-order valence-electron chi connectivity index (χ4n) is 3.73. The molecule has 0 saturated carbocycles. The summed E-state index contributed by atoms with van der Waals surface area (Å²) in [5, 5.41) is 6.75. The van der Waals surface area contributed by atoms with E-state index in [1.165, 1.54) is 32.5 Å². The van der Waals surface area contributed by atoms with Crippen LogP contribution in [0.15, 0.2) is 4.99 Å². The molecule has 2 rings (SSSR count). The molecule has 0 aromatic rings. The average molecular weight is 352 g/mol. The van der Waals surface area contributed by atoms with Crippen molar-refractivity contribution in [1.29, 1.82) is 0 Å². The Morgan fingerprint density at radius 2 is 2.08 bits per heavy atom. The van der Waals surface area contributed by atoms with Crippen molar-refractivity contribution in [3.63, 3.8) is 0 Å². The zero-order valence-corrected chi connectivity index (χ0v) is 16.2. The Bertz CT molecular complexity index is 426. The van der Waals surface area contributed by atoms with Gasteiger partial charge >= 0.3 is 0 Å². The summed E-state index contributed by atoms with van der Waals surface area (Å²) in [6.07, 6.45) is 6.56. The van der Waals surface area contributed by atoms with Gasteiger partial charge in [-0.3, -0.25) is 9.79 Å². The molecule has 2 heterocycles. The Hall–Kier alpha value is -1.30. The van der Waals surface area contributed by atoms with Crippen molar-refractivity contribution in [2.75, 3.05) is 52.4 Å². The first-order valence-corrected chi connectivity index (χ1v) is 10.2. The normalized spacial score (nSPS) is 22.5. The third kappa shape index (κ3) is 7.63. The van der Waals surface area contributed by atoms with Gasteiger partial charge in [0.1, 0.15) is 0 Å². The molecule has 6 heteroatoms. The molecular formula is C19H37N5O. The maximum Gasteiger partial charge on any atom is 0.222 e. The maximum absolute atomic E-state index is 11.6. The highest BCUT2D eigenvalue weighted by atomic mass is 16.2. The number of piperidine rings is 1. The third-order valence-electron chi connectivity index (χ3n) is 5.06. The molecule has 0 spiro atoms. The summed E-state index contributed by atoms with van der Waals surface area (Å²) in [5.41, 5.74) is 0.